The van der Waals surface area contributed by atoms with E-state index >= 15 is 0 Å². The number of carbonyl (C=O) groups is 2. The van der Waals surface area contributed by atoms with Gasteiger partial charge in [0.15, 0.2) is 11.9 Å². The number of carboxylic acids is 1. The molecule has 7 heteroatoms. The number of hydrogen-bond donors (Lipinski definition) is 1. The number of carboxylic acid groups (broad SMARTS) is 1. The molecule has 3 rings (SSSR count). The predicted molar refractivity (Wildman–Crippen MR) is 82.1 cm³/mol. The van der Waals surface area contributed by atoms with Crippen LogP contribution >= 0.6 is 23.2 Å². The Balaban J connectivity index is 2.06. The molecule has 1 N–H and O–H groups in total. The molecule has 2 aromatic carbocycles. The lowest BCUT2D eigenvalue weighted by molar-refractivity contribution is -0.144. The molecule has 0 aromatic heterocycles. The van der Waals surface area contributed by atoms with Gasteiger partial charge in [-0.25, -0.2) is 9.18 Å². The van der Waals surface area contributed by atoms with Gasteiger partial charge in [0.1, 0.15) is 11.6 Å². The van der Waals surface area contributed by atoms with Gasteiger partial charge in [-0.3, -0.25) is 4.79 Å². The van der Waals surface area contributed by atoms with Gasteiger partial charge >= 0.3 is 5.97 Å². The Bertz CT molecular complexity index is 835. The first-order valence-corrected chi connectivity index (χ1v) is 7.34. The molecule has 0 radical (unpaired) electrons. The van der Waals surface area contributed by atoms with Crippen LogP contribution in [0.5, 0.6) is 5.75 Å². The first-order valence-electron chi connectivity index (χ1n) is 6.59. The molecule has 0 fully saturated rings. The number of aliphatic carboxylic acids is 1. The first-order chi connectivity index (χ1) is 10.9. The number of ether oxygens (including phenoxy) is 1. The summed E-state index contributed by atoms with van der Waals surface area (Å²) in [6, 6.07) is 6.49. The van der Waals surface area contributed by atoms with Crippen molar-refractivity contribution >= 4 is 35.0 Å². The van der Waals surface area contributed by atoms with Gasteiger partial charge < -0.3 is 9.84 Å². The van der Waals surface area contributed by atoms with E-state index in [4.69, 9.17) is 33.0 Å². The van der Waals surface area contributed by atoms with E-state index in [1.165, 1.54) is 24.3 Å². The molecular formula is C16H9Cl2FO4. The van der Waals surface area contributed by atoms with Crippen LogP contribution in [0.15, 0.2) is 30.3 Å². The second-order valence-electron chi connectivity index (χ2n) is 5.02. The van der Waals surface area contributed by atoms with Gasteiger partial charge in [0.25, 0.3) is 0 Å². The van der Waals surface area contributed by atoms with Crippen molar-refractivity contribution in [2.75, 3.05) is 0 Å². The van der Waals surface area contributed by atoms with Crippen LogP contribution in [0.2, 0.25) is 10.0 Å². The molecule has 4 nitrogen and oxygen atoms in total. The fraction of sp³-hybridized carbons (Fsp3) is 0.125. The molecule has 1 unspecified atom stereocenters. The van der Waals surface area contributed by atoms with Crippen LogP contribution in [0.4, 0.5) is 4.39 Å². The Morgan fingerprint density at radius 3 is 2.65 bits per heavy atom. The third kappa shape index (κ3) is 2.78. The Morgan fingerprint density at radius 1 is 1.26 bits per heavy atom. The number of hydrogen-bond acceptors (Lipinski definition) is 3. The number of carbonyl (C=O) groups excluding carboxylic acids is 1. The Hall–Kier alpha value is -2.11. The summed E-state index contributed by atoms with van der Waals surface area (Å²) in [5, 5.41) is 9.20. The summed E-state index contributed by atoms with van der Waals surface area (Å²) < 4.78 is 18.5. The largest absolute Gasteiger partial charge is 0.478 e. The highest BCUT2D eigenvalue weighted by Gasteiger charge is 2.34. The molecule has 0 saturated heterocycles. The zero-order valence-electron chi connectivity index (χ0n) is 11.5. The molecule has 1 aliphatic rings. The Labute approximate surface area is 140 Å². The second kappa shape index (κ2) is 5.83. The highest BCUT2D eigenvalue weighted by atomic mass is 35.5. The molecule has 1 heterocycles. The molecule has 0 saturated carbocycles. The minimum absolute atomic E-state index is 0.00743. The van der Waals surface area contributed by atoms with Crippen LogP contribution in [-0.2, 0) is 11.2 Å². The van der Waals surface area contributed by atoms with E-state index in [9.17, 15) is 14.0 Å². The van der Waals surface area contributed by atoms with Crippen LogP contribution in [0, 0.1) is 5.82 Å². The number of ketones is 1. The van der Waals surface area contributed by atoms with Gasteiger partial charge in [-0.15, -0.1) is 0 Å². The average Bonchev–Trinajstić information content (AvgIpc) is 2.96. The SMILES string of the molecule is O=C(c1cccc(F)c1)c1cc(Cl)c2c(c1Cl)CC(C(=O)O)O2. The van der Waals surface area contributed by atoms with E-state index in [1.807, 2.05) is 0 Å². The zero-order valence-corrected chi connectivity index (χ0v) is 13.0. The van der Waals surface area contributed by atoms with Crippen molar-refractivity contribution in [3.63, 3.8) is 0 Å². The van der Waals surface area contributed by atoms with Gasteiger partial charge in [0.05, 0.1) is 10.0 Å². The summed E-state index contributed by atoms with van der Waals surface area (Å²) >= 11 is 12.3. The third-order valence-corrected chi connectivity index (χ3v) is 4.23. The van der Waals surface area contributed by atoms with Crippen molar-refractivity contribution < 1.29 is 23.8 Å². The monoisotopic (exact) mass is 354 g/mol. The molecule has 0 amide bonds. The van der Waals surface area contributed by atoms with Crippen molar-refractivity contribution in [3.8, 4) is 5.75 Å². The molecule has 23 heavy (non-hydrogen) atoms. The fourth-order valence-corrected chi connectivity index (χ4v) is 3.00. The molecule has 1 atom stereocenters. The summed E-state index contributed by atoms with van der Waals surface area (Å²) in [5.41, 5.74) is 0.568. The van der Waals surface area contributed by atoms with Crippen molar-refractivity contribution in [3.05, 3.63) is 62.9 Å². The second-order valence-corrected chi connectivity index (χ2v) is 5.80. The van der Waals surface area contributed by atoms with Crippen LogP contribution in [-0.4, -0.2) is 23.0 Å². The quantitative estimate of drug-likeness (QED) is 0.852. The van der Waals surface area contributed by atoms with Gasteiger partial charge in [-0.05, 0) is 18.2 Å². The Morgan fingerprint density at radius 2 is 2.00 bits per heavy atom. The maximum absolute atomic E-state index is 13.3. The van der Waals surface area contributed by atoms with E-state index in [2.05, 4.69) is 0 Å². The normalized spacial score (nSPS) is 15.9. The van der Waals surface area contributed by atoms with Crippen molar-refractivity contribution in [1.29, 1.82) is 0 Å². The minimum atomic E-state index is -1.15. The van der Waals surface area contributed by atoms with Gasteiger partial charge in [0, 0.05) is 23.1 Å². The highest BCUT2D eigenvalue weighted by molar-refractivity contribution is 6.38. The van der Waals surface area contributed by atoms with Crippen LogP contribution in [0.25, 0.3) is 0 Å². The van der Waals surface area contributed by atoms with Crippen LogP contribution < -0.4 is 4.74 Å². The standard InChI is InChI=1S/C16H9Cl2FO4/c17-11-5-9(14(20)7-2-1-3-8(19)4-7)13(18)10-6-12(16(21)22)23-15(10)11/h1-5,12H,6H2,(H,21,22). The molecule has 0 bridgehead atoms. The molecule has 118 valence electrons. The van der Waals surface area contributed by atoms with E-state index in [1.54, 1.807) is 0 Å². The number of rotatable bonds is 3. The highest BCUT2D eigenvalue weighted by Crippen LogP contribution is 2.42. The number of fused-ring (bicyclic) bond motifs is 1. The summed E-state index contributed by atoms with van der Waals surface area (Å²) in [5.74, 6) is -2.03. The van der Waals surface area contributed by atoms with E-state index in [0.29, 0.717) is 5.56 Å². The lowest BCUT2D eigenvalue weighted by atomic mass is 9.99. The average molecular weight is 355 g/mol. The lowest BCUT2D eigenvalue weighted by Crippen LogP contribution is -2.24. The van der Waals surface area contributed by atoms with Gasteiger partial charge in [-0.1, -0.05) is 35.3 Å². The van der Waals surface area contributed by atoms with E-state index in [0.717, 1.165) is 6.07 Å². The predicted octanol–water partition coefficient (Wildman–Crippen LogP) is 3.75. The fourth-order valence-electron chi connectivity index (χ4n) is 2.43. The summed E-state index contributed by atoms with van der Waals surface area (Å²) in [7, 11) is 0. The Kier molecular flexibility index (Phi) is 4.00. The van der Waals surface area contributed by atoms with Gasteiger partial charge in [-0.2, -0.15) is 0 Å². The number of halogens is 3. The maximum Gasteiger partial charge on any atom is 0.345 e. The van der Waals surface area contributed by atoms with E-state index in [-0.39, 0.29) is 33.3 Å². The smallest absolute Gasteiger partial charge is 0.345 e. The molecule has 0 aliphatic carbocycles. The van der Waals surface area contributed by atoms with Crippen LogP contribution in [0.1, 0.15) is 21.5 Å². The topological polar surface area (TPSA) is 63.6 Å². The van der Waals surface area contributed by atoms with Crippen molar-refractivity contribution in [1.82, 2.24) is 0 Å². The molecule has 2 aromatic rings. The summed E-state index contributed by atoms with van der Waals surface area (Å²) in [6.07, 6.45) is -1.09. The number of benzene rings is 2. The maximum atomic E-state index is 13.3. The first kappa shape index (κ1) is 15.8. The van der Waals surface area contributed by atoms with Gasteiger partial charge in [0.2, 0.25) is 0 Å². The van der Waals surface area contributed by atoms with E-state index < -0.39 is 23.7 Å². The van der Waals surface area contributed by atoms with Crippen molar-refractivity contribution in [2.45, 2.75) is 12.5 Å². The summed E-state index contributed by atoms with van der Waals surface area (Å²) in [4.78, 5) is 23.6. The molecular weight excluding hydrogens is 346 g/mol. The third-order valence-electron chi connectivity index (χ3n) is 3.52. The lowest BCUT2D eigenvalue weighted by Gasteiger charge is -2.10. The zero-order chi connectivity index (χ0) is 16.7. The van der Waals surface area contributed by atoms with Crippen LogP contribution in [0.3, 0.4) is 0 Å². The minimum Gasteiger partial charge on any atom is -0.478 e. The molecule has 0 spiro atoms. The molecule has 1 aliphatic heterocycles. The summed E-state index contributed by atoms with van der Waals surface area (Å²) in [6.45, 7) is 0. The van der Waals surface area contributed by atoms with Crippen molar-refractivity contribution in [2.24, 2.45) is 0 Å².